The van der Waals surface area contributed by atoms with Gasteiger partial charge < -0.3 is 20.5 Å². The van der Waals surface area contributed by atoms with Crippen molar-refractivity contribution in [1.29, 1.82) is 0 Å². The molecule has 10 nitrogen and oxygen atoms in total. The van der Waals surface area contributed by atoms with E-state index in [1.807, 2.05) is 62.4 Å². The molecule has 1 aliphatic rings. The van der Waals surface area contributed by atoms with Crippen LogP contribution >= 0.6 is 0 Å². The number of aromatic amines is 1. The number of fused-ring (bicyclic) bond motifs is 1. The molecule has 2 heterocycles. The minimum Gasteiger partial charge on any atom is -0.497 e. The van der Waals surface area contributed by atoms with Crippen LogP contribution in [-0.2, 0) is 9.59 Å². The van der Waals surface area contributed by atoms with Gasteiger partial charge in [-0.2, -0.15) is 18.3 Å². The number of para-hydroxylation sites is 1. The highest BCUT2D eigenvalue weighted by Crippen LogP contribution is 2.30. The van der Waals surface area contributed by atoms with Gasteiger partial charge in [-0.3, -0.25) is 14.9 Å². The summed E-state index contributed by atoms with van der Waals surface area (Å²) in [6, 6.07) is 15.3. The van der Waals surface area contributed by atoms with E-state index in [0.29, 0.717) is 0 Å². The Kier molecular flexibility index (Phi) is 9.42. The molecule has 1 aliphatic carbocycles. The SMILES string of the molecule is COc1ccc(NC(=O)C2CC2)cc1.Cc1cnc(C)c(Nc2n[nH]c3ccccc23)n1.O=C(O)C(F)(F)F. The molecule has 0 saturated heterocycles. The van der Waals surface area contributed by atoms with Crippen LogP contribution in [0.25, 0.3) is 10.9 Å². The van der Waals surface area contributed by atoms with Crippen LogP contribution in [0.2, 0.25) is 0 Å². The van der Waals surface area contributed by atoms with Crippen LogP contribution in [-0.4, -0.2) is 50.4 Å². The molecule has 2 aromatic heterocycles. The van der Waals surface area contributed by atoms with Gasteiger partial charge in [0, 0.05) is 23.2 Å². The Morgan fingerprint density at radius 1 is 1.05 bits per heavy atom. The number of rotatable bonds is 5. The third-order valence-corrected chi connectivity index (χ3v) is 5.33. The second-order valence-electron chi connectivity index (χ2n) is 8.48. The maximum absolute atomic E-state index is 11.4. The summed E-state index contributed by atoms with van der Waals surface area (Å²) in [5.74, 6) is -0.0601. The molecule has 4 aromatic rings. The van der Waals surface area contributed by atoms with E-state index in [9.17, 15) is 18.0 Å². The molecule has 39 heavy (non-hydrogen) atoms. The molecule has 1 fully saturated rings. The van der Waals surface area contributed by atoms with E-state index in [2.05, 4.69) is 30.8 Å². The first-order chi connectivity index (χ1) is 18.5. The number of aliphatic carboxylic acids is 1. The lowest BCUT2D eigenvalue weighted by Crippen LogP contribution is -2.21. The van der Waals surface area contributed by atoms with Crippen molar-refractivity contribution in [3.8, 4) is 5.75 Å². The van der Waals surface area contributed by atoms with Crippen molar-refractivity contribution < 1.29 is 32.6 Å². The first-order valence-electron chi connectivity index (χ1n) is 11.7. The van der Waals surface area contributed by atoms with Gasteiger partial charge in [0.1, 0.15) is 5.75 Å². The molecule has 13 heteroatoms. The molecule has 1 amide bonds. The fourth-order valence-corrected chi connectivity index (χ4v) is 3.09. The van der Waals surface area contributed by atoms with Crippen molar-refractivity contribution in [1.82, 2.24) is 20.2 Å². The molecule has 206 valence electrons. The molecule has 1 saturated carbocycles. The fourth-order valence-electron chi connectivity index (χ4n) is 3.09. The number of carboxylic acids is 1. The number of hydrogen-bond donors (Lipinski definition) is 4. The van der Waals surface area contributed by atoms with Crippen LogP contribution in [0.1, 0.15) is 24.2 Å². The number of aromatic nitrogens is 4. The van der Waals surface area contributed by atoms with Crippen molar-refractivity contribution in [2.45, 2.75) is 32.9 Å². The number of hydrogen-bond acceptors (Lipinski definition) is 7. The summed E-state index contributed by atoms with van der Waals surface area (Å²) in [7, 11) is 1.62. The average Bonchev–Trinajstić information content (AvgIpc) is 3.68. The predicted molar refractivity (Wildman–Crippen MR) is 139 cm³/mol. The first kappa shape index (κ1) is 28.9. The number of halogens is 3. The Morgan fingerprint density at radius 2 is 1.69 bits per heavy atom. The van der Waals surface area contributed by atoms with Crippen LogP contribution in [0, 0.1) is 19.8 Å². The van der Waals surface area contributed by atoms with Gasteiger partial charge in [-0.05, 0) is 63.1 Å². The summed E-state index contributed by atoms with van der Waals surface area (Å²) in [6.07, 6.45) is -1.27. The number of nitrogens with zero attached hydrogens (tertiary/aromatic N) is 3. The normalized spacial score (nSPS) is 12.4. The summed E-state index contributed by atoms with van der Waals surface area (Å²) in [5.41, 5.74) is 3.57. The minimum atomic E-state index is -5.08. The Bertz CT molecular complexity index is 1420. The standard InChI is InChI=1S/C13H13N5.C11H13NO2.C2HF3O2/c1-8-7-14-9(2)12(15-8)16-13-10-5-3-4-6-11(10)17-18-13;1-14-10-6-4-9(5-7-10)12-11(13)8-2-3-8;3-2(4,5)1(6)7/h3-7H,1-2H3,(H2,15,16,17,18);4-8H,2-3H2,1H3,(H,12,13);(H,6,7). The molecule has 0 aliphatic heterocycles. The average molecular weight is 545 g/mol. The van der Waals surface area contributed by atoms with E-state index in [1.165, 1.54) is 0 Å². The van der Waals surface area contributed by atoms with Crippen molar-refractivity contribution in [2.75, 3.05) is 17.7 Å². The van der Waals surface area contributed by atoms with Gasteiger partial charge in [0.2, 0.25) is 5.91 Å². The fraction of sp³-hybridized carbons (Fsp3) is 0.269. The maximum Gasteiger partial charge on any atom is 0.490 e. The molecular formula is C26H27F3N6O4. The smallest absolute Gasteiger partial charge is 0.490 e. The van der Waals surface area contributed by atoms with E-state index in [1.54, 1.807) is 13.3 Å². The molecule has 0 atom stereocenters. The predicted octanol–water partition coefficient (Wildman–Crippen LogP) is 5.39. The molecule has 5 rings (SSSR count). The monoisotopic (exact) mass is 544 g/mol. The van der Waals surface area contributed by atoms with Crippen molar-refractivity contribution in [3.05, 3.63) is 66.1 Å². The number of ether oxygens (including phenoxy) is 1. The molecule has 2 aromatic carbocycles. The summed E-state index contributed by atoms with van der Waals surface area (Å²) in [6.45, 7) is 3.84. The Hall–Kier alpha value is -4.68. The summed E-state index contributed by atoms with van der Waals surface area (Å²) < 4.78 is 36.8. The third kappa shape index (κ3) is 8.69. The number of methoxy groups -OCH3 is 1. The zero-order valence-corrected chi connectivity index (χ0v) is 21.3. The second kappa shape index (κ2) is 12.7. The number of H-pyrrole nitrogens is 1. The number of carbonyl (C=O) groups excluding carboxylic acids is 1. The van der Waals surface area contributed by atoms with Crippen molar-refractivity contribution in [3.63, 3.8) is 0 Å². The Balaban J connectivity index is 0.000000178. The van der Waals surface area contributed by atoms with E-state index in [4.69, 9.17) is 14.6 Å². The number of aryl methyl sites for hydroxylation is 2. The highest BCUT2D eigenvalue weighted by molar-refractivity contribution is 5.94. The first-order valence-corrected chi connectivity index (χ1v) is 11.7. The molecule has 4 N–H and O–H groups in total. The number of anilines is 3. The summed E-state index contributed by atoms with van der Waals surface area (Å²) >= 11 is 0. The zero-order valence-electron chi connectivity index (χ0n) is 21.3. The number of nitrogens with one attached hydrogen (secondary N) is 3. The lowest BCUT2D eigenvalue weighted by atomic mass is 10.2. The second-order valence-corrected chi connectivity index (χ2v) is 8.48. The zero-order chi connectivity index (χ0) is 28.6. The quantitative estimate of drug-likeness (QED) is 0.262. The van der Waals surface area contributed by atoms with Gasteiger partial charge in [-0.1, -0.05) is 12.1 Å². The number of carbonyl (C=O) groups is 2. The number of amides is 1. The number of alkyl halides is 3. The highest BCUT2D eigenvalue weighted by Gasteiger charge is 2.38. The molecular weight excluding hydrogens is 517 g/mol. The van der Waals surface area contributed by atoms with Gasteiger partial charge in [-0.15, -0.1) is 0 Å². The lowest BCUT2D eigenvalue weighted by molar-refractivity contribution is -0.192. The number of benzene rings is 2. The largest absolute Gasteiger partial charge is 0.497 e. The molecule has 0 unspecified atom stereocenters. The van der Waals surface area contributed by atoms with Gasteiger partial charge in [-0.25, -0.2) is 9.78 Å². The van der Waals surface area contributed by atoms with Gasteiger partial charge in [0.25, 0.3) is 0 Å². The van der Waals surface area contributed by atoms with Crippen LogP contribution < -0.4 is 15.4 Å². The third-order valence-electron chi connectivity index (χ3n) is 5.33. The molecule has 0 spiro atoms. The van der Waals surface area contributed by atoms with E-state index >= 15 is 0 Å². The van der Waals surface area contributed by atoms with Gasteiger partial charge in [0.05, 0.1) is 24.0 Å². The molecule has 0 radical (unpaired) electrons. The van der Waals surface area contributed by atoms with Crippen LogP contribution in [0.15, 0.2) is 54.7 Å². The van der Waals surface area contributed by atoms with Gasteiger partial charge >= 0.3 is 12.1 Å². The topological polar surface area (TPSA) is 142 Å². The minimum absolute atomic E-state index is 0.134. The van der Waals surface area contributed by atoms with Crippen LogP contribution in [0.5, 0.6) is 5.75 Å². The number of carboxylic acid groups (broad SMARTS) is 1. The van der Waals surface area contributed by atoms with Crippen LogP contribution in [0.3, 0.4) is 0 Å². The maximum atomic E-state index is 11.4. The molecule has 0 bridgehead atoms. The van der Waals surface area contributed by atoms with Crippen molar-refractivity contribution in [2.24, 2.45) is 5.92 Å². The Labute approximate surface area is 221 Å². The van der Waals surface area contributed by atoms with E-state index in [-0.39, 0.29) is 11.8 Å². The van der Waals surface area contributed by atoms with Crippen molar-refractivity contribution >= 4 is 40.1 Å². The lowest BCUT2D eigenvalue weighted by Gasteiger charge is -2.06. The highest BCUT2D eigenvalue weighted by atomic mass is 19.4. The van der Waals surface area contributed by atoms with E-state index < -0.39 is 12.1 Å². The van der Waals surface area contributed by atoms with E-state index in [0.717, 1.165) is 58.2 Å². The van der Waals surface area contributed by atoms with Crippen LogP contribution in [0.4, 0.5) is 30.5 Å². The Morgan fingerprint density at radius 3 is 2.28 bits per heavy atom. The summed E-state index contributed by atoms with van der Waals surface area (Å²) in [5, 5.41) is 21.5. The van der Waals surface area contributed by atoms with Gasteiger partial charge in [0.15, 0.2) is 11.6 Å². The summed E-state index contributed by atoms with van der Waals surface area (Å²) in [4.78, 5) is 29.0.